The zero-order chi connectivity index (χ0) is 17.4. The average molecular weight is 376 g/mol. The van der Waals surface area contributed by atoms with E-state index in [1.807, 2.05) is 37.4 Å². The monoisotopic (exact) mass is 375 g/mol. The first-order valence-corrected chi connectivity index (χ1v) is 9.50. The molecule has 0 radical (unpaired) electrons. The van der Waals surface area contributed by atoms with Gasteiger partial charge >= 0.3 is 0 Å². The van der Waals surface area contributed by atoms with Gasteiger partial charge in [-0.3, -0.25) is 4.79 Å². The maximum Gasteiger partial charge on any atom is 0.190 e. The molecule has 4 rings (SSSR count). The summed E-state index contributed by atoms with van der Waals surface area (Å²) in [4.78, 5) is 17.7. The maximum absolute atomic E-state index is 12.1. The van der Waals surface area contributed by atoms with Crippen molar-refractivity contribution in [3.63, 3.8) is 0 Å². The molecule has 2 bridgehead atoms. The molecule has 3 heterocycles. The molecule has 25 heavy (non-hydrogen) atoms. The molecule has 0 aliphatic carbocycles. The highest BCUT2D eigenvalue weighted by molar-refractivity contribution is 7.15. The summed E-state index contributed by atoms with van der Waals surface area (Å²) in [5.41, 5.74) is 0.420. The molecule has 0 saturated carbocycles. The van der Waals surface area contributed by atoms with Crippen LogP contribution in [0.25, 0.3) is 10.6 Å². The molecule has 2 atom stereocenters. The van der Waals surface area contributed by atoms with Crippen LogP contribution in [0.5, 0.6) is 0 Å². The Hall–Kier alpha value is -1.69. The number of nitrogens with zero attached hydrogens (tertiary/aromatic N) is 1. The van der Waals surface area contributed by atoms with E-state index in [0.717, 1.165) is 39.7 Å². The third kappa shape index (κ3) is 3.36. The number of hydrogen-bond acceptors (Lipinski definition) is 5. The lowest BCUT2D eigenvalue weighted by molar-refractivity contribution is -0.139. The van der Waals surface area contributed by atoms with Gasteiger partial charge in [0.15, 0.2) is 5.78 Å². The number of carbonyl (C=O) groups is 1. The van der Waals surface area contributed by atoms with Gasteiger partial charge in [0.1, 0.15) is 22.5 Å². The molecule has 1 saturated heterocycles. The van der Waals surface area contributed by atoms with Crippen LogP contribution in [0.4, 0.5) is 0 Å². The molecule has 130 valence electrons. The molecule has 2 unspecified atom stereocenters. The highest BCUT2D eigenvalue weighted by atomic mass is 35.5. The van der Waals surface area contributed by atoms with Crippen molar-refractivity contribution in [1.82, 2.24) is 4.98 Å². The van der Waals surface area contributed by atoms with Gasteiger partial charge in [-0.25, -0.2) is 4.98 Å². The van der Waals surface area contributed by atoms with Gasteiger partial charge in [-0.15, -0.1) is 11.3 Å². The number of halogens is 1. The van der Waals surface area contributed by atoms with Crippen molar-refractivity contribution in [3.05, 3.63) is 52.2 Å². The first-order valence-electron chi connectivity index (χ1n) is 8.31. The zero-order valence-electron chi connectivity index (χ0n) is 13.8. The highest BCUT2D eigenvalue weighted by Crippen LogP contribution is 2.39. The van der Waals surface area contributed by atoms with Gasteiger partial charge in [-0.05, 0) is 31.9 Å². The minimum Gasteiger partial charge on any atom is -0.495 e. The van der Waals surface area contributed by atoms with Crippen molar-refractivity contribution in [1.29, 1.82) is 0 Å². The van der Waals surface area contributed by atoms with Crippen molar-refractivity contribution in [2.45, 2.75) is 37.9 Å². The van der Waals surface area contributed by atoms with E-state index in [4.69, 9.17) is 21.1 Å². The van der Waals surface area contributed by atoms with E-state index < -0.39 is 5.60 Å². The van der Waals surface area contributed by atoms with Crippen molar-refractivity contribution in [3.8, 4) is 10.6 Å². The molecule has 2 aromatic rings. The second-order valence-corrected chi connectivity index (χ2v) is 8.08. The van der Waals surface area contributed by atoms with Gasteiger partial charge in [-0.1, -0.05) is 23.7 Å². The number of ether oxygens (including phenoxy) is 2. The predicted octanol–water partition coefficient (Wildman–Crippen LogP) is 4.43. The molecule has 1 fully saturated rings. The number of aromatic nitrogens is 1. The van der Waals surface area contributed by atoms with Crippen LogP contribution in [0.2, 0.25) is 5.02 Å². The van der Waals surface area contributed by atoms with Gasteiger partial charge in [0, 0.05) is 34.2 Å². The summed E-state index contributed by atoms with van der Waals surface area (Å²) in [5, 5.41) is 1.68. The van der Waals surface area contributed by atoms with Crippen LogP contribution in [0.1, 0.15) is 24.6 Å². The van der Waals surface area contributed by atoms with Crippen molar-refractivity contribution in [2.24, 2.45) is 0 Å². The number of carbonyl (C=O) groups excluding carboxylic acids is 1. The minimum absolute atomic E-state index is 0.0130. The smallest absolute Gasteiger partial charge is 0.190 e. The Morgan fingerprint density at radius 2 is 2.20 bits per heavy atom. The second-order valence-electron chi connectivity index (χ2n) is 6.52. The van der Waals surface area contributed by atoms with E-state index in [2.05, 4.69) is 4.98 Å². The van der Waals surface area contributed by atoms with Crippen LogP contribution >= 0.6 is 22.9 Å². The summed E-state index contributed by atoms with van der Waals surface area (Å²) >= 11 is 7.56. The summed E-state index contributed by atoms with van der Waals surface area (Å²) in [7, 11) is 0. The Kier molecular flexibility index (Phi) is 4.40. The second kappa shape index (κ2) is 6.56. The lowest BCUT2D eigenvalue weighted by atomic mass is 9.98. The predicted molar refractivity (Wildman–Crippen MR) is 97.8 cm³/mol. The number of fused-ring (bicyclic) bond motifs is 2. The quantitative estimate of drug-likeness (QED) is 0.775. The molecule has 1 aromatic heterocycles. The lowest BCUT2D eigenvalue weighted by Gasteiger charge is -2.27. The van der Waals surface area contributed by atoms with Crippen LogP contribution in [0.3, 0.4) is 0 Å². The Morgan fingerprint density at radius 1 is 1.40 bits per heavy atom. The molecule has 2 aliphatic heterocycles. The molecule has 0 spiro atoms. The fraction of sp³-hybridized carbons (Fsp3) is 0.368. The Bertz CT molecular complexity index is 829. The molecular formula is C19H18ClNO3S. The average Bonchev–Trinajstić information content (AvgIpc) is 3.20. The Morgan fingerprint density at radius 3 is 3.00 bits per heavy atom. The largest absolute Gasteiger partial charge is 0.495 e. The highest BCUT2D eigenvalue weighted by Gasteiger charge is 2.47. The van der Waals surface area contributed by atoms with Crippen LogP contribution < -0.4 is 0 Å². The van der Waals surface area contributed by atoms with Crippen molar-refractivity contribution >= 4 is 28.7 Å². The standard InChI is InChI=1S/C19H18ClNO3S/c1-19-8-6-15(24-19)16(10-17(19)22)23-9-7-14-11-21-18(25-14)12-2-4-13(20)5-3-12/h2-5,10-11,15H,6-9H2,1H3. The topological polar surface area (TPSA) is 48.4 Å². The summed E-state index contributed by atoms with van der Waals surface area (Å²) < 4.78 is 11.7. The first-order chi connectivity index (χ1) is 12.0. The molecule has 2 aliphatic rings. The zero-order valence-corrected chi connectivity index (χ0v) is 15.4. The van der Waals surface area contributed by atoms with Gasteiger partial charge in [0.2, 0.25) is 0 Å². The summed E-state index contributed by atoms with van der Waals surface area (Å²) in [6, 6.07) is 7.66. The Balaban J connectivity index is 1.36. The van der Waals surface area contributed by atoms with Gasteiger partial charge in [0.25, 0.3) is 0 Å². The first kappa shape index (κ1) is 16.8. The number of ketones is 1. The van der Waals surface area contributed by atoms with Crippen molar-refractivity contribution < 1.29 is 14.3 Å². The molecule has 0 N–H and O–H groups in total. The van der Waals surface area contributed by atoms with Crippen LogP contribution in [-0.2, 0) is 20.7 Å². The number of benzene rings is 1. The van der Waals surface area contributed by atoms with E-state index in [0.29, 0.717) is 12.4 Å². The van der Waals surface area contributed by atoms with E-state index in [1.165, 1.54) is 0 Å². The van der Waals surface area contributed by atoms with Gasteiger partial charge in [-0.2, -0.15) is 0 Å². The number of hydrogen-bond donors (Lipinski definition) is 0. The summed E-state index contributed by atoms with van der Waals surface area (Å²) in [6.45, 7) is 2.37. The van der Waals surface area contributed by atoms with E-state index in [1.54, 1.807) is 17.4 Å². The van der Waals surface area contributed by atoms with Crippen LogP contribution in [0, 0.1) is 0 Å². The Labute approximate surface area is 155 Å². The minimum atomic E-state index is -0.636. The van der Waals surface area contributed by atoms with E-state index in [9.17, 15) is 4.79 Å². The number of thiazole rings is 1. The molecule has 4 nitrogen and oxygen atoms in total. The fourth-order valence-corrected chi connectivity index (χ4v) is 4.17. The van der Waals surface area contributed by atoms with E-state index >= 15 is 0 Å². The maximum atomic E-state index is 12.1. The summed E-state index contributed by atoms with van der Waals surface area (Å²) in [6.07, 6.45) is 5.78. The SMILES string of the molecule is CC12CCC(O1)C(OCCc1cnc(-c3ccc(Cl)cc3)s1)=CC2=O. The normalized spacial score (nSPS) is 25.1. The molecular weight excluding hydrogens is 358 g/mol. The summed E-state index contributed by atoms with van der Waals surface area (Å²) in [5.74, 6) is 0.682. The molecule has 6 heteroatoms. The van der Waals surface area contributed by atoms with Gasteiger partial charge < -0.3 is 9.47 Å². The lowest BCUT2D eigenvalue weighted by Crippen LogP contribution is -2.38. The number of rotatable bonds is 5. The van der Waals surface area contributed by atoms with E-state index in [-0.39, 0.29) is 11.9 Å². The fourth-order valence-electron chi connectivity index (χ4n) is 3.15. The van der Waals surface area contributed by atoms with Crippen molar-refractivity contribution in [2.75, 3.05) is 6.61 Å². The molecule has 1 aromatic carbocycles. The molecule has 0 amide bonds. The third-order valence-electron chi connectivity index (χ3n) is 4.66. The van der Waals surface area contributed by atoms with Crippen LogP contribution in [-0.4, -0.2) is 29.1 Å². The van der Waals surface area contributed by atoms with Gasteiger partial charge in [0.05, 0.1) is 6.61 Å². The van der Waals surface area contributed by atoms with Crippen LogP contribution in [0.15, 0.2) is 42.3 Å². The third-order valence-corrected chi connectivity index (χ3v) is 6.02.